The number of carbonyl (C=O) groups excluding carboxylic acids is 4. The minimum absolute atomic E-state index is 0.0202. The number of nitrogens with zero attached hydrogens (tertiary/aromatic N) is 1. The number of benzene rings is 1. The number of fused-ring (bicyclic) bond motifs is 3. The molecule has 0 radical (unpaired) electrons. The highest BCUT2D eigenvalue weighted by molar-refractivity contribution is 7.95. The molecule has 3 N–H and O–H groups in total. The van der Waals surface area contributed by atoms with Gasteiger partial charge in [0.15, 0.2) is 0 Å². The predicted octanol–water partition coefficient (Wildman–Crippen LogP) is -0.230. The lowest BCUT2D eigenvalue weighted by molar-refractivity contribution is -0.777. The van der Waals surface area contributed by atoms with E-state index in [1.54, 1.807) is 6.07 Å². The summed E-state index contributed by atoms with van der Waals surface area (Å²) in [4.78, 5) is 65.6. The molecular formula is C23H23N3O13S2-2. The van der Waals surface area contributed by atoms with Crippen LogP contribution in [0, 0.1) is 0 Å². The van der Waals surface area contributed by atoms with Gasteiger partial charge in [-0.15, -0.1) is 5.06 Å². The first-order chi connectivity index (χ1) is 19.7. The van der Waals surface area contributed by atoms with Crippen LogP contribution in [-0.4, -0.2) is 40.5 Å². The summed E-state index contributed by atoms with van der Waals surface area (Å²) in [6.07, 6.45) is 0.538. The highest BCUT2D eigenvalue weighted by atomic mass is 32.2. The summed E-state index contributed by atoms with van der Waals surface area (Å²) in [5.74, 6) is -2.89. The van der Waals surface area contributed by atoms with Crippen molar-refractivity contribution in [3.63, 3.8) is 0 Å². The molecule has 16 nitrogen and oxygen atoms in total. The largest absolute Gasteiger partial charge is 0.691 e. The summed E-state index contributed by atoms with van der Waals surface area (Å²) in [6, 6.07) is 2.96. The third-order valence-corrected chi connectivity index (χ3v) is 8.04. The van der Waals surface area contributed by atoms with Gasteiger partial charge in [-0.25, -0.2) is 9.59 Å². The van der Waals surface area contributed by atoms with Gasteiger partial charge in [-0.05, 0) is 30.9 Å². The molecule has 18 heteroatoms. The third kappa shape index (κ3) is 7.35. The lowest BCUT2D eigenvalue weighted by atomic mass is 9.92. The fourth-order valence-corrected chi connectivity index (χ4v) is 5.91. The van der Waals surface area contributed by atoms with Crippen molar-refractivity contribution in [1.29, 1.82) is 0 Å². The Labute approximate surface area is 239 Å². The summed E-state index contributed by atoms with van der Waals surface area (Å²) >= 11 is 1.19. The number of hydrogen-bond donors (Lipinski definition) is 2. The standard InChI is InChI=1S/C23H25N3O13S2/c24-14-9-15-13(8-17(14)41-39-37-33)22-11(3-4-12(22)23(31)34-15)16(40-38-36-32)10-18(27)25-7-1-2-21(30)35-26-19(28)5-6-20(26)29/h8-9,11,16,32-33H,1-7,10,24H2,(H,25,27)/p-2. The molecule has 2 aromatic rings. The Morgan fingerprint density at radius 3 is 2.56 bits per heavy atom. The molecule has 0 spiro atoms. The van der Waals surface area contributed by atoms with Gasteiger partial charge < -0.3 is 30.8 Å². The van der Waals surface area contributed by atoms with E-state index in [9.17, 15) is 34.5 Å². The summed E-state index contributed by atoms with van der Waals surface area (Å²) in [6.45, 7) is 0.0710. The Hall–Kier alpha value is -3.23. The van der Waals surface area contributed by atoms with Gasteiger partial charge >= 0.3 is 11.6 Å². The molecule has 4 rings (SSSR count). The topological polar surface area (TPSA) is 232 Å². The van der Waals surface area contributed by atoms with Gasteiger partial charge in [0.25, 0.3) is 11.8 Å². The monoisotopic (exact) mass is 613 g/mol. The van der Waals surface area contributed by atoms with E-state index in [1.165, 1.54) is 6.07 Å². The van der Waals surface area contributed by atoms with Crippen LogP contribution >= 0.6 is 24.1 Å². The van der Waals surface area contributed by atoms with Crippen molar-refractivity contribution in [2.45, 2.75) is 61.0 Å². The molecule has 1 saturated heterocycles. The summed E-state index contributed by atoms with van der Waals surface area (Å²) in [5.41, 5.74) is 6.67. The normalized spacial score (nSPS) is 17.2. The quantitative estimate of drug-likeness (QED) is 0.0532. The molecule has 2 unspecified atom stereocenters. The van der Waals surface area contributed by atoms with Crippen LogP contribution in [0.25, 0.3) is 11.0 Å². The van der Waals surface area contributed by atoms with E-state index in [2.05, 4.69) is 24.1 Å². The van der Waals surface area contributed by atoms with Crippen molar-refractivity contribution in [2.24, 2.45) is 0 Å². The van der Waals surface area contributed by atoms with Crippen molar-refractivity contribution in [1.82, 2.24) is 10.4 Å². The zero-order valence-corrected chi connectivity index (χ0v) is 22.7. The van der Waals surface area contributed by atoms with Gasteiger partial charge in [0.1, 0.15) is 5.58 Å². The molecule has 1 aliphatic heterocycles. The van der Waals surface area contributed by atoms with E-state index in [4.69, 9.17) is 15.0 Å². The second-order valence-corrected chi connectivity index (χ2v) is 10.7. The fraction of sp³-hybridized carbons (Fsp3) is 0.435. The third-order valence-electron chi connectivity index (χ3n) is 6.51. The minimum atomic E-state index is -0.795. The number of nitrogens with one attached hydrogen (secondary N) is 1. The Morgan fingerprint density at radius 1 is 1.12 bits per heavy atom. The SMILES string of the molecule is Nc1cc2oc(=O)c3c(c2cc1SOO[O-])C(C(CC(=O)NCCCC(=O)ON1C(=O)CCC1=O)SOO[O-])CC3. The number of amides is 3. The van der Waals surface area contributed by atoms with Crippen LogP contribution in [0.3, 0.4) is 0 Å². The fourth-order valence-electron chi connectivity index (χ4n) is 4.73. The Bertz CT molecular complexity index is 1370. The molecule has 41 heavy (non-hydrogen) atoms. The zero-order valence-electron chi connectivity index (χ0n) is 21.1. The number of nitrogen functional groups attached to an aromatic ring is 1. The van der Waals surface area contributed by atoms with Gasteiger partial charge in [0.2, 0.25) is 5.91 Å². The molecule has 2 atom stereocenters. The molecule has 2 aliphatic rings. The average Bonchev–Trinajstić information content (AvgIpc) is 3.52. The van der Waals surface area contributed by atoms with E-state index in [-0.39, 0.29) is 49.9 Å². The predicted molar refractivity (Wildman–Crippen MR) is 134 cm³/mol. The number of carbonyl (C=O) groups is 4. The summed E-state index contributed by atoms with van der Waals surface area (Å²) in [5, 5.41) is 30.7. The van der Waals surface area contributed by atoms with E-state index in [1.807, 2.05) is 0 Å². The first-order valence-corrected chi connectivity index (χ1v) is 13.8. The van der Waals surface area contributed by atoms with E-state index in [0.717, 1.165) is 0 Å². The Kier molecular flexibility index (Phi) is 10.6. The molecule has 1 fully saturated rings. The van der Waals surface area contributed by atoms with Gasteiger partial charge in [0.05, 0.1) is 22.6 Å². The van der Waals surface area contributed by atoms with Crippen molar-refractivity contribution < 1.29 is 57.7 Å². The van der Waals surface area contributed by atoms with Crippen LogP contribution in [0.15, 0.2) is 26.2 Å². The number of rotatable bonds is 14. The summed E-state index contributed by atoms with van der Waals surface area (Å²) < 4.78 is 14.4. The van der Waals surface area contributed by atoms with Crippen LogP contribution in [-0.2, 0) is 49.2 Å². The first-order valence-electron chi connectivity index (χ1n) is 12.2. The van der Waals surface area contributed by atoms with Crippen LogP contribution in [0.2, 0.25) is 0 Å². The molecule has 0 saturated carbocycles. The maximum absolute atomic E-state index is 12.8. The smallest absolute Gasteiger partial charge is 0.339 e. The molecule has 1 aliphatic carbocycles. The lowest BCUT2D eigenvalue weighted by Crippen LogP contribution is -2.33. The first kappa shape index (κ1) is 30.7. The highest BCUT2D eigenvalue weighted by Crippen LogP contribution is 2.45. The average molecular weight is 614 g/mol. The maximum Gasteiger partial charge on any atom is 0.339 e. The van der Waals surface area contributed by atoms with Gasteiger partial charge in [-0.2, -0.15) is 8.67 Å². The number of nitrogens with two attached hydrogens (primary N) is 1. The Balaban J connectivity index is 1.43. The number of hydrogen-bond acceptors (Lipinski definition) is 16. The maximum atomic E-state index is 12.8. The number of anilines is 1. The number of imide groups is 1. The van der Waals surface area contributed by atoms with Gasteiger partial charge in [0, 0.05) is 72.5 Å². The van der Waals surface area contributed by atoms with E-state index >= 15 is 0 Å². The van der Waals surface area contributed by atoms with Gasteiger partial charge in [-0.3, -0.25) is 24.5 Å². The van der Waals surface area contributed by atoms with Crippen molar-refractivity contribution in [2.75, 3.05) is 12.3 Å². The van der Waals surface area contributed by atoms with Crippen molar-refractivity contribution in [3.05, 3.63) is 33.7 Å². The molecule has 0 bridgehead atoms. The van der Waals surface area contributed by atoms with E-state index < -0.39 is 40.5 Å². The second kappa shape index (κ2) is 14.1. The van der Waals surface area contributed by atoms with Gasteiger partial charge in [-0.1, -0.05) is 0 Å². The summed E-state index contributed by atoms with van der Waals surface area (Å²) in [7, 11) is 0. The minimum Gasteiger partial charge on any atom is -0.691 e. The molecular weight excluding hydrogens is 590 g/mol. The van der Waals surface area contributed by atoms with Crippen LogP contribution in [0.5, 0.6) is 0 Å². The van der Waals surface area contributed by atoms with Crippen LogP contribution in [0.4, 0.5) is 5.69 Å². The van der Waals surface area contributed by atoms with Crippen LogP contribution in [0.1, 0.15) is 55.6 Å². The second-order valence-electron chi connectivity index (χ2n) is 9.01. The molecule has 222 valence electrons. The molecule has 3 amide bonds. The molecule has 1 aromatic heterocycles. The zero-order chi connectivity index (χ0) is 29.5. The Morgan fingerprint density at radius 2 is 1.85 bits per heavy atom. The van der Waals surface area contributed by atoms with Crippen molar-refractivity contribution in [3.8, 4) is 0 Å². The number of hydroxylamine groups is 2. The van der Waals surface area contributed by atoms with Crippen LogP contribution < -0.4 is 27.2 Å². The van der Waals surface area contributed by atoms with Crippen molar-refractivity contribution >= 4 is 64.4 Å². The van der Waals surface area contributed by atoms with E-state index in [0.29, 0.717) is 63.4 Å². The lowest BCUT2D eigenvalue weighted by Gasteiger charge is -2.24. The highest BCUT2D eigenvalue weighted by Gasteiger charge is 2.37. The molecule has 2 heterocycles. The molecule has 1 aromatic carbocycles.